The standard InChI is InChI=1S/C15H11Cl2N/c16-13-9-4-10-14(15(13)17)18-11-5-8-12-6-2-1-3-7-12/h1-11H/b8-5+,18-11?. The van der Waals surface area contributed by atoms with E-state index in [1.807, 2.05) is 54.6 Å². The maximum absolute atomic E-state index is 6.02. The van der Waals surface area contributed by atoms with Crippen molar-refractivity contribution in [2.45, 2.75) is 0 Å². The highest BCUT2D eigenvalue weighted by atomic mass is 35.5. The molecule has 0 aromatic heterocycles. The quantitative estimate of drug-likeness (QED) is 0.665. The lowest BCUT2D eigenvalue weighted by Crippen LogP contribution is -1.72. The zero-order valence-electron chi connectivity index (χ0n) is 9.55. The van der Waals surface area contributed by atoms with Crippen LogP contribution in [0.4, 0.5) is 5.69 Å². The van der Waals surface area contributed by atoms with E-state index < -0.39 is 0 Å². The topological polar surface area (TPSA) is 12.4 Å². The molecule has 0 aliphatic heterocycles. The highest BCUT2D eigenvalue weighted by Crippen LogP contribution is 2.31. The molecular weight excluding hydrogens is 265 g/mol. The molecule has 1 nitrogen and oxygen atoms in total. The summed E-state index contributed by atoms with van der Waals surface area (Å²) in [6.07, 6.45) is 5.54. The molecule has 0 radical (unpaired) electrons. The van der Waals surface area contributed by atoms with Crippen molar-refractivity contribution in [3.63, 3.8) is 0 Å². The lowest BCUT2D eigenvalue weighted by molar-refractivity contribution is 1.54. The molecule has 0 fully saturated rings. The van der Waals surface area contributed by atoms with E-state index >= 15 is 0 Å². The summed E-state index contributed by atoms with van der Waals surface area (Å²) in [4.78, 5) is 4.25. The minimum absolute atomic E-state index is 0.475. The molecule has 0 aliphatic carbocycles. The molecule has 0 saturated carbocycles. The number of rotatable bonds is 3. The summed E-state index contributed by atoms with van der Waals surface area (Å²) in [7, 11) is 0. The molecule has 90 valence electrons. The summed E-state index contributed by atoms with van der Waals surface area (Å²) in [5.74, 6) is 0. The fourth-order valence-corrected chi connectivity index (χ4v) is 1.78. The van der Waals surface area contributed by atoms with Crippen LogP contribution in [0.3, 0.4) is 0 Å². The second-order valence-electron chi connectivity index (χ2n) is 3.62. The normalized spacial score (nSPS) is 11.4. The Labute approximate surface area is 116 Å². The van der Waals surface area contributed by atoms with Crippen LogP contribution in [0, 0.1) is 0 Å². The summed E-state index contributed by atoms with van der Waals surface area (Å²) in [5, 5.41) is 0.988. The van der Waals surface area contributed by atoms with E-state index in [0.29, 0.717) is 15.7 Å². The average Bonchev–Trinajstić information content (AvgIpc) is 2.40. The molecule has 0 atom stereocenters. The Balaban J connectivity index is 2.08. The monoisotopic (exact) mass is 275 g/mol. The fraction of sp³-hybridized carbons (Fsp3) is 0. The SMILES string of the molecule is Clc1cccc(N=C/C=C/c2ccccc2)c1Cl. The third kappa shape index (κ3) is 3.46. The first-order chi connectivity index (χ1) is 8.77. The van der Waals surface area contributed by atoms with Crippen LogP contribution >= 0.6 is 23.2 Å². The Hall–Kier alpha value is -1.57. The van der Waals surface area contributed by atoms with Gasteiger partial charge in [-0.3, -0.25) is 4.99 Å². The van der Waals surface area contributed by atoms with Gasteiger partial charge in [-0.2, -0.15) is 0 Å². The van der Waals surface area contributed by atoms with E-state index in [1.165, 1.54) is 0 Å². The van der Waals surface area contributed by atoms with Crippen LogP contribution < -0.4 is 0 Å². The largest absolute Gasteiger partial charge is 0.255 e. The van der Waals surface area contributed by atoms with E-state index in [-0.39, 0.29) is 0 Å². The van der Waals surface area contributed by atoms with Gasteiger partial charge < -0.3 is 0 Å². The zero-order valence-corrected chi connectivity index (χ0v) is 11.1. The molecule has 0 bridgehead atoms. The highest BCUT2D eigenvalue weighted by Gasteiger charge is 2.00. The molecule has 0 heterocycles. The summed E-state index contributed by atoms with van der Waals surface area (Å²) < 4.78 is 0. The van der Waals surface area contributed by atoms with Crippen LogP contribution in [0.1, 0.15) is 5.56 Å². The van der Waals surface area contributed by atoms with Crippen LogP contribution in [-0.2, 0) is 0 Å². The van der Waals surface area contributed by atoms with Gasteiger partial charge in [0.1, 0.15) is 0 Å². The van der Waals surface area contributed by atoms with Gasteiger partial charge in [-0.15, -0.1) is 0 Å². The smallest absolute Gasteiger partial charge is 0.0848 e. The molecule has 3 heteroatoms. The van der Waals surface area contributed by atoms with Gasteiger partial charge >= 0.3 is 0 Å². The van der Waals surface area contributed by atoms with Crippen LogP contribution in [0.25, 0.3) is 6.08 Å². The lowest BCUT2D eigenvalue weighted by Gasteiger charge is -1.98. The van der Waals surface area contributed by atoms with E-state index in [9.17, 15) is 0 Å². The van der Waals surface area contributed by atoms with Crippen LogP contribution in [0.2, 0.25) is 10.0 Å². The number of hydrogen-bond donors (Lipinski definition) is 0. The number of halogens is 2. The zero-order chi connectivity index (χ0) is 12.8. The number of benzene rings is 2. The van der Waals surface area contributed by atoms with Gasteiger partial charge in [0.25, 0.3) is 0 Å². The Bertz CT molecular complexity index is 574. The number of nitrogens with zero attached hydrogens (tertiary/aromatic N) is 1. The maximum atomic E-state index is 6.02. The lowest BCUT2D eigenvalue weighted by atomic mass is 10.2. The van der Waals surface area contributed by atoms with Crippen molar-refractivity contribution in [1.29, 1.82) is 0 Å². The molecule has 18 heavy (non-hydrogen) atoms. The molecular formula is C15H11Cl2N. The van der Waals surface area contributed by atoms with Gasteiger partial charge in [0.2, 0.25) is 0 Å². The Morgan fingerprint density at radius 2 is 1.67 bits per heavy atom. The maximum Gasteiger partial charge on any atom is 0.0848 e. The fourth-order valence-electron chi connectivity index (χ4n) is 1.43. The summed E-state index contributed by atoms with van der Waals surface area (Å²) in [6.45, 7) is 0. The summed E-state index contributed by atoms with van der Waals surface area (Å²) in [5.41, 5.74) is 1.79. The molecule has 0 N–H and O–H groups in total. The van der Waals surface area contributed by atoms with E-state index in [2.05, 4.69) is 4.99 Å². The summed E-state index contributed by atoms with van der Waals surface area (Å²) in [6, 6.07) is 15.4. The van der Waals surface area contributed by atoms with Crippen molar-refractivity contribution in [2.24, 2.45) is 4.99 Å². The minimum atomic E-state index is 0.475. The van der Waals surface area contributed by atoms with Crippen molar-refractivity contribution in [1.82, 2.24) is 0 Å². The third-order valence-corrected chi connectivity index (χ3v) is 3.13. The van der Waals surface area contributed by atoms with E-state index in [0.717, 1.165) is 5.56 Å². The Morgan fingerprint density at radius 3 is 2.44 bits per heavy atom. The van der Waals surface area contributed by atoms with E-state index in [4.69, 9.17) is 23.2 Å². The second-order valence-corrected chi connectivity index (χ2v) is 4.41. The van der Waals surface area contributed by atoms with E-state index in [1.54, 1.807) is 12.3 Å². The average molecular weight is 276 g/mol. The van der Waals surface area contributed by atoms with Crippen molar-refractivity contribution >= 4 is 41.2 Å². The predicted octanol–water partition coefficient (Wildman–Crippen LogP) is 5.41. The van der Waals surface area contributed by atoms with Gasteiger partial charge in [0.05, 0.1) is 15.7 Å². The van der Waals surface area contributed by atoms with Crippen molar-refractivity contribution in [3.05, 3.63) is 70.2 Å². The van der Waals surface area contributed by atoms with Gasteiger partial charge in [-0.25, -0.2) is 0 Å². The third-order valence-electron chi connectivity index (χ3n) is 2.32. The van der Waals surface area contributed by atoms with Crippen molar-refractivity contribution < 1.29 is 0 Å². The first kappa shape index (κ1) is 12.9. The van der Waals surface area contributed by atoms with Crippen LogP contribution in [0.15, 0.2) is 59.6 Å². The molecule has 0 spiro atoms. The molecule has 0 amide bonds. The predicted molar refractivity (Wildman–Crippen MR) is 80.1 cm³/mol. The number of hydrogen-bond acceptors (Lipinski definition) is 1. The molecule has 0 unspecified atom stereocenters. The van der Waals surface area contributed by atoms with Crippen LogP contribution in [0.5, 0.6) is 0 Å². The molecule has 2 aromatic carbocycles. The highest BCUT2D eigenvalue weighted by molar-refractivity contribution is 6.43. The minimum Gasteiger partial charge on any atom is -0.255 e. The Morgan fingerprint density at radius 1 is 0.889 bits per heavy atom. The number of allylic oxidation sites excluding steroid dienone is 1. The molecule has 2 rings (SSSR count). The van der Waals surface area contributed by atoms with Gasteiger partial charge in [0.15, 0.2) is 0 Å². The first-order valence-corrected chi connectivity index (χ1v) is 6.23. The van der Waals surface area contributed by atoms with Crippen molar-refractivity contribution in [2.75, 3.05) is 0 Å². The first-order valence-electron chi connectivity index (χ1n) is 5.47. The second kappa shape index (κ2) is 6.39. The van der Waals surface area contributed by atoms with Gasteiger partial charge in [-0.05, 0) is 23.8 Å². The van der Waals surface area contributed by atoms with Gasteiger partial charge in [-0.1, -0.05) is 65.7 Å². The van der Waals surface area contributed by atoms with Gasteiger partial charge in [0, 0.05) is 6.21 Å². The molecule has 2 aromatic rings. The number of aliphatic imine (C=N–C) groups is 1. The van der Waals surface area contributed by atoms with Crippen LogP contribution in [-0.4, -0.2) is 6.21 Å². The molecule has 0 saturated heterocycles. The van der Waals surface area contributed by atoms with Crippen molar-refractivity contribution in [3.8, 4) is 0 Å². The summed E-state index contributed by atoms with van der Waals surface area (Å²) >= 11 is 11.9. The Kier molecular flexibility index (Phi) is 4.57. The molecule has 0 aliphatic rings.